The zero-order valence-electron chi connectivity index (χ0n) is 17.3. The van der Waals surface area contributed by atoms with Gasteiger partial charge in [-0.15, -0.1) is 11.3 Å². The van der Waals surface area contributed by atoms with E-state index in [2.05, 4.69) is 60.8 Å². The van der Waals surface area contributed by atoms with Crippen LogP contribution in [0.5, 0.6) is 0 Å². The maximum absolute atomic E-state index is 13.0. The number of carbonyl (C=O) groups excluding carboxylic acids is 1. The van der Waals surface area contributed by atoms with Crippen molar-refractivity contribution in [3.63, 3.8) is 0 Å². The topological polar surface area (TPSA) is 63.1 Å². The predicted molar refractivity (Wildman–Crippen MR) is 131 cm³/mol. The van der Waals surface area contributed by atoms with E-state index in [0.717, 1.165) is 35.2 Å². The van der Waals surface area contributed by atoms with Gasteiger partial charge in [-0.25, -0.2) is 9.97 Å². The first-order valence-electron chi connectivity index (χ1n) is 10.5. The lowest BCUT2D eigenvalue weighted by Gasteiger charge is -2.25. The predicted octanol–water partition coefficient (Wildman–Crippen LogP) is 5.74. The van der Waals surface area contributed by atoms with E-state index >= 15 is 0 Å². The largest absolute Gasteiger partial charge is 0.363 e. The molecule has 3 aromatic heterocycles. The van der Waals surface area contributed by atoms with Crippen molar-refractivity contribution in [3.8, 4) is 0 Å². The number of para-hydroxylation sites is 1. The molecule has 1 aliphatic heterocycles. The minimum Gasteiger partial charge on any atom is -0.363 e. The lowest BCUT2D eigenvalue weighted by molar-refractivity contribution is 0.101. The molecular formula is C24H22BrN5OS. The number of benzene rings is 1. The second-order valence-electron chi connectivity index (χ2n) is 7.73. The Hall–Kier alpha value is -2.97. The molecule has 1 fully saturated rings. The molecule has 6 nitrogen and oxygen atoms in total. The lowest BCUT2D eigenvalue weighted by Crippen LogP contribution is -2.22. The summed E-state index contributed by atoms with van der Waals surface area (Å²) in [5, 5.41) is 5.68. The number of thiazole rings is 1. The minimum absolute atomic E-state index is 0.157. The first-order chi connectivity index (χ1) is 15.7. The van der Waals surface area contributed by atoms with Crippen molar-refractivity contribution >= 4 is 44.0 Å². The molecule has 0 unspecified atom stereocenters. The van der Waals surface area contributed by atoms with Crippen molar-refractivity contribution in [2.45, 2.75) is 25.4 Å². The zero-order valence-corrected chi connectivity index (χ0v) is 19.7. The van der Waals surface area contributed by atoms with Crippen molar-refractivity contribution in [3.05, 3.63) is 93.9 Å². The average molecular weight is 508 g/mol. The number of nitrogens with one attached hydrogen (secondary N) is 1. The maximum Gasteiger partial charge on any atom is 0.274 e. The molecule has 1 atom stereocenters. The molecular weight excluding hydrogens is 486 g/mol. The molecule has 32 heavy (non-hydrogen) atoms. The molecule has 4 heterocycles. The van der Waals surface area contributed by atoms with Gasteiger partial charge in [0.25, 0.3) is 5.91 Å². The van der Waals surface area contributed by atoms with Gasteiger partial charge in [0.2, 0.25) is 0 Å². The molecule has 0 bridgehead atoms. The zero-order chi connectivity index (χ0) is 21.9. The standard InChI is InChI=1S/C24H22BrN5OS/c25-22-14-17(10-11-26-22)15-29-12-4-9-21(29)23(31)28-24-27-19(16-32-24)20-8-5-13-30(20)18-6-2-1-3-7-18/h1-4,6-7,9-12,14,16,20H,5,8,13,15H2,(H,27,28,31)/t20-/m1/s1. The Morgan fingerprint density at radius 2 is 2.06 bits per heavy atom. The SMILES string of the molecule is O=C(Nc1nc([C@H]2CCCN2c2ccccc2)cs1)c1cccn1Cc1ccnc(Br)c1. The fourth-order valence-corrected chi connectivity index (χ4v) is 5.32. The van der Waals surface area contributed by atoms with Crippen LogP contribution in [0.1, 0.15) is 40.6 Å². The van der Waals surface area contributed by atoms with Gasteiger partial charge in [0, 0.05) is 36.6 Å². The number of rotatable bonds is 6. The number of aromatic nitrogens is 3. The number of carbonyl (C=O) groups is 1. The third-order valence-corrected chi connectivity index (χ3v) is 6.84. The molecule has 0 saturated carbocycles. The molecule has 1 N–H and O–H groups in total. The molecule has 4 aromatic rings. The summed E-state index contributed by atoms with van der Waals surface area (Å²) >= 11 is 4.87. The van der Waals surface area contributed by atoms with Gasteiger partial charge in [-0.05, 0) is 70.7 Å². The number of halogens is 1. The summed E-state index contributed by atoms with van der Waals surface area (Å²) in [5.41, 5.74) is 3.90. The highest BCUT2D eigenvalue weighted by atomic mass is 79.9. The van der Waals surface area contributed by atoms with Gasteiger partial charge in [-0.3, -0.25) is 10.1 Å². The summed E-state index contributed by atoms with van der Waals surface area (Å²) in [7, 11) is 0. The summed E-state index contributed by atoms with van der Waals surface area (Å²) in [6.45, 7) is 1.61. The Morgan fingerprint density at radius 3 is 2.91 bits per heavy atom. The van der Waals surface area contributed by atoms with Crippen molar-refractivity contribution in [1.82, 2.24) is 14.5 Å². The van der Waals surface area contributed by atoms with E-state index in [1.807, 2.05) is 41.1 Å². The van der Waals surface area contributed by atoms with E-state index in [1.165, 1.54) is 17.0 Å². The Morgan fingerprint density at radius 1 is 1.19 bits per heavy atom. The van der Waals surface area contributed by atoms with Crippen molar-refractivity contribution in [2.24, 2.45) is 0 Å². The van der Waals surface area contributed by atoms with Crippen LogP contribution in [0, 0.1) is 0 Å². The van der Waals surface area contributed by atoms with Crippen LogP contribution in [-0.2, 0) is 6.54 Å². The van der Waals surface area contributed by atoms with E-state index < -0.39 is 0 Å². The number of nitrogens with zero attached hydrogens (tertiary/aromatic N) is 4. The van der Waals surface area contributed by atoms with Crippen molar-refractivity contribution in [1.29, 1.82) is 0 Å². The number of pyridine rings is 1. The van der Waals surface area contributed by atoms with Crippen LogP contribution in [0.3, 0.4) is 0 Å². The van der Waals surface area contributed by atoms with Crippen LogP contribution in [0.2, 0.25) is 0 Å². The molecule has 0 spiro atoms. The van der Waals surface area contributed by atoms with Crippen LogP contribution in [-0.4, -0.2) is 27.0 Å². The van der Waals surface area contributed by atoms with E-state index in [4.69, 9.17) is 4.98 Å². The van der Waals surface area contributed by atoms with Gasteiger partial charge in [-0.1, -0.05) is 18.2 Å². The monoisotopic (exact) mass is 507 g/mol. The molecule has 8 heteroatoms. The number of anilines is 2. The third-order valence-electron chi connectivity index (χ3n) is 5.63. The third kappa shape index (κ3) is 4.47. The first kappa shape index (κ1) is 20.9. The number of hydrogen-bond acceptors (Lipinski definition) is 5. The molecule has 1 saturated heterocycles. The highest BCUT2D eigenvalue weighted by molar-refractivity contribution is 9.10. The number of hydrogen-bond donors (Lipinski definition) is 1. The van der Waals surface area contributed by atoms with Crippen LogP contribution in [0.25, 0.3) is 0 Å². The van der Waals surface area contributed by atoms with Crippen molar-refractivity contribution in [2.75, 3.05) is 16.8 Å². The molecule has 1 aromatic carbocycles. The summed E-state index contributed by atoms with van der Waals surface area (Å²) in [4.78, 5) is 24.3. The van der Waals surface area contributed by atoms with E-state index in [9.17, 15) is 4.79 Å². The van der Waals surface area contributed by atoms with E-state index in [-0.39, 0.29) is 11.9 Å². The fraction of sp³-hybridized carbons (Fsp3) is 0.208. The summed E-state index contributed by atoms with van der Waals surface area (Å²) < 4.78 is 2.71. The van der Waals surface area contributed by atoms with Gasteiger partial charge in [0.15, 0.2) is 5.13 Å². The maximum atomic E-state index is 13.0. The smallest absolute Gasteiger partial charge is 0.274 e. The van der Waals surface area contributed by atoms with Crippen LogP contribution < -0.4 is 10.2 Å². The molecule has 1 aliphatic rings. The highest BCUT2D eigenvalue weighted by Crippen LogP contribution is 2.37. The summed E-state index contributed by atoms with van der Waals surface area (Å²) in [5.74, 6) is -0.157. The van der Waals surface area contributed by atoms with Gasteiger partial charge in [-0.2, -0.15) is 0 Å². The normalized spacial score (nSPS) is 15.8. The second-order valence-corrected chi connectivity index (χ2v) is 9.40. The molecule has 0 radical (unpaired) electrons. The van der Waals surface area contributed by atoms with Crippen LogP contribution >= 0.6 is 27.3 Å². The fourth-order valence-electron chi connectivity index (χ4n) is 4.16. The van der Waals surface area contributed by atoms with E-state index in [0.29, 0.717) is 17.4 Å². The van der Waals surface area contributed by atoms with Gasteiger partial charge in [0.05, 0.1) is 11.7 Å². The van der Waals surface area contributed by atoms with Crippen LogP contribution in [0.15, 0.2) is 77.0 Å². The van der Waals surface area contributed by atoms with Crippen LogP contribution in [0.4, 0.5) is 10.8 Å². The van der Waals surface area contributed by atoms with Gasteiger partial charge >= 0.3 is 0 Å². The molecule has 5 rings (SSSR count). The average Bonchev–Trinajstić information content (AvgIpc) is 3.55. The first-order valence-corrected chi connectivity index (χ1v) is 12.2. The highest BCUT2D eigenvalue weighted by Gasteiger charge is 2.28. The minimum atomic E-state index is -0.157. The number of amides is 1. The van der Waals surface area contributed by atoms with Crippen molar-refractivity contribution < 1.29 is 4.79 Å². The van der Waals surface area contributed by atoms with Gasteiger partial charge in [0.1, 0.15) is 10.3 Å². The Labute approximate surface area is 199 Å². The molecule has 162 valence electrons. The van der Waals surface area contributed by atoms with Gasteiger partial charge < -0.3 is 9.47 Å². The second kappa shape index (κ2) is 9.26. The van der Waals surface area contributed by atoms with E-state index in [1.54, 1.807) is 6.20 Å². The quantitative estimate of drug-likeness (QED) is 0.337. The summed E-state index contributed by atoms with van der Waals surface area (Å²) in [6.07, 6.45) is 5.86. The molecule has 1 amide bonds. The Bertz CT molecular complexity index is 1220. The summed E-state index contributed by atoms with van der Waals surface area (Å²) in [6, 6.07) is 18.3. The Kier molecular flexibility index (Phi) is 6.05. The molecule has 0 aliphatic carbocycles. The Balaban J connectivity index is 1.29. The lowest BCUT2D eigenvalue weighted by atomic mass is 10.1.